The van der Waals surface area contributed by atoms with Crippen LogP contribution >= 0.6 is 11.3 Å². The Morgan fingerprint density at radius 2 is 2.12 bits per heavy atom. The van der Waals surface area contributed by atoms with Crippen molar-refractivity contribution in [1.29, 1.82) is 0 Å². The van der Waals surface area contributed by atoms with E-state index >= 15 is 0 Å². The summed E-state index contributed by atoms with van der Waals surface area (Å²) in [5, 5.41) is 10.7. The van der Waals surface area contributed by atoms with E-state index in [9.17, 15) is 13.2 Å². The summed E-state index contributed by atoms with van der Waals surface area (Å²) in [7, 11) is -0.381. The maximum Gasteiger partial charge on any atom is 0.270 e. The molecule has 0 aliphatic heterocycles. The van der Waals surface area contributed by atoms with E-state index in [-0.39, 0.29) is 21.9 Å². The number of methoxy groups -OCH3 is 1. The van der Waals surface area contributed by atoms with Gasteiger partial charge in [-0.25, -0.2) is 13.1 Å². The fourth-order valence-corrected chi connectivity index (χ4v) is 4.47. The number of rotatable bonds is 6. The van der Waals surface area contributed by atoms with Gasteiger partial charge in [0, 0.05) is 37.6 Å². The number of ether oxygens (including phenoxy) is 1. The SMILES string of the molecule is COc1ccc2c(c1)c(CNS(=O)(=O)c1nnc(NC(C)=O)s1)cn2C. The Hall–Kier alpha value is -2.50. The van der Waals surface area contributed by atoms with Crippen molar-refractivity contribution in [3.05, 3.63) is 30.0 Å². The summed E-state index contributed by atoms with van der Waals surface area (Å²) >= 11 is 0.788. The number of carbonyl (C=O) groups excluding carboxylic acids is 1. The standard InChI is InChI=1S/C15H17N5O4S2/c1-9(21)17-14-18-19-15(25-14)26(22,23)16-7-10-8-20(2)13-5-4-11(24-3)6-12(10)13/h4-6,8,16H,7H2,1-3H3,(H,17,18,21). The number of sulfonamides is 1. The highest BCUT2D eigenvalue weighted by Gasteiger charge is 2.21. The second kappa shape index (κ2) is 7.02. The number of nitrogens with zero attached hydrogens (tertiary/aromatic N) is 3. The number of aryl methyl sites for hydroxylation is 1. The van der Waals surface area contributed by atoms with E-state index in [1.807, 2.05) is 36.0 Å². The number of fused-ring (bicyclic) bond motifs is 1. The second-order valence-electron chi connectivity index (χ2n) is 5.53. The molecule has 9 nitrogen and oxygen atoms in total. The molecule has 1 aromatic carbocycles. The lowest BCUT2D eigenvalue weighted by Crippen LogP contribution is -2.23. The lowest BCUT2D eigenvalue weighted by molar-refractivity contribution is -0.114. The molecule has 2 heterocycles. The van der Waals surface area contributed by atoms with Gasteiger partial charge in [0.05, 0.1) is 7.11 Å². The summed E-state index contributed by atoms with van der Waals surface area (Å²) in [5.74, 6) is 0.347. The summed E-state index contributed by atoms with van der Waals surface area (Å²) < 4.78 is 34.3. The average Bonchev–Trinajstić information content (AvgIpc) is 3.17. The molecule has 0 bridgehead atoms. The quantitative estimate of drug-likeness (QED) is 0.611. The Labute approximate surface area is 154 Å². The molecular weight excluding hydrogens is 378 g/mol. The van der Waals surface area contributed by atoms with Crippen molar-refractivity contribution >= 4 is 43.3 Å². The predicted molar refractivity (Wildman–Crippen MR) is 97.7 cm³/mol. The van der Waals surface area contributed by atoms with Crippen LogP contribution < -0.4 is 14.8 Å². The van der Waals surface area contributed by atoms with E-state index in [4.69, 9.17) is 4.74 Å². The first-order valence-electron chi connectivity index (χ1n) is 7.53. The van der Waals surface area contributed by atoms with Gasteiger partial charge in [0.15, 0.2) is 0 Å². The second-order valence-corrected chi connectivity index (χ2v) is 8.45. The molecule has 11 heteroatoms. The fraction of sp³-hybridized carbons (Fsp3) is 0.267. The van der Waals surface area contributed by atoms with Crippen LogP contribution in [0.3, 0.4) is 0 Å². The van der Waals surface area contributed by atoms with Crippen molar-refractivity contribution in [3.63, 3.8) is 0 Å². The number of amides is 1. The van der Waals surface area contributed by atoms with Crippen molar-refractivity contribution in [2.75, 3.05) is 12.4 Å². The zero-order valence-electron chi connectivity index (χ0n) is 14.3. The molecule has 0 aliphatic rings. The first kappa shape index (κ1) is 18.3. The van der Waals surface area contributed by atoms with Crippen molar-refractivity contribution in [2.45, 2.75) is 17.8 Å². The molecule has 2 aromatic heterocycles. The largest absolute Gasteiger partial charge is 0.497 e. The van der Waals surface area contributed by atoms with Gasteiger partial charge >= 0.3 is 0 Å². The fourth-order valence-electron chi connectivity index (χ4n) is 2.47. The van der Waals surface area contributed by atoms with Gasteiger partial charge in [0.2, 0.25) is 15.4 Å². The third kappa shape index (κ3) is 3.69. The molecule has 3 aromatic rings. The van der Waals surface area contributed by atoms with Crippen molar-refractivity contribution in [1.82, 2.24) is 19.5 Å². The zero-order valence-corrected chi connectivity index (χ0v) is 15.9. The van der Waals surface area contributed by atoms with Crippen molar-refractivity contribution < 1.29 is 17.9 Å². The maximum absolute atomic E-state index is 12.4. The number of nitrogens with one attached hydrogen (secondary N) is 2. The van der Waals surface area contributed by atoms with Crippen LogP contribution in [-0.4, -0.2) is 36.2 Å². The normalized spacial score (nSPS) is 11.7. The smallest absolute Gasteiger partial charge is 0.270 e. The predicted octanol–water partition coefficient (Wildman–Crippen LogP) is 1.48. The topological polar surface area (TPSA) is 115 Å². The Morgan fingerprint density at radius 3 is 2.81 bits per heavy atom. The highest BCUT2D eigenvalue weighted by molar-refractivity contribution is 7.91. The number of hydrogen-bond donors (Lipinski definition) is 2. The van der Waals surface area contributed by atoms with Crippen LogP contribution in [0, 0.1) is 0 Å². The highest BCUT2D eigenvalue weighted by atomic mass is 32.2. The maximum atomic E-state index is 12.4. The summed E-state index contributed by atoms with van der Waals surface area (Å²) in [4.78, 5) is 11.0. The molecule has 0 unspecified atom stereocenters. The average molecular weight is 395 g/mol. The minimum atomic E-state index is -3.85. The van der Waals surface area contributed by atoms with Gasteiger partial charge in [0.1, 0.15) is 5.75 Å². The van der Waals surface area contributed by atoms with Gasteiger partial charge in [-0.05, 0) is 23.8 Å². The molecule has 0 aliphatic carbocycles. The minimum Gasteiger partial charge on any atom is -0.497 e. The first-order valence-corrected chi connectivity index (χ1v) is 9.83. The van der Waals surface area contributed by atoms with Crippen LogP contribution in [0.2, 0.25) is 0 Å². The zero-order chi connectivity index (χ0) is 18.9. The molecule has 0 radical (unpaired) electrons. The Bertz CT molecular complexity index is 1070. The summed E-state index contributed by atoms with van der Waals surface area (Å²) in [6.07, 6.45) is 1.86. The molecule has 3 rings (SSSR count). The molecule has 138 valence electrons. The molecular formula is C15H17N5O4S2. The molecule has 0 saturated carbocycles. The molecule has 0 fully saturated rings. The number of anilines is 1. The van der Waals surface area contributed by atoms with Gasteiger partial charge in [-0.1, -0.05) is 11.3 Å². The van der Waals surface area contributed by atoms with Crippen LogP contribution in [0.15, 0.2) is 28.7 Å². The molecule has 26 heavy (non-hydrogen) atoms. The Balaban J connectivity index is 1.82. The minimum absolute atomic E-state index is 0.0852. The van der Waals surface area contributed by atoms with Crippen LogP contribution in [0.25, 0.3) is 10.9 Å². The number of carbonyl (C=O) groups is 1. The number of benzene rings is 1. The summed E-state index contributed by atoms with van der Waals surface area (Å²) in [6, 6.07) is 5.62. The van der Waals surface area contributed by atoms with Crippen LogP contribution in [-0.2, 0) is 28.4 Å². The van der Waals surface area contributed by atoms with E-state index in [0.29, 0.717) is 5.75 Å². The van der Waals surface area contributed by atoms with E-state index < -0.39 is 10.0 Å². The van der Waals surface area contributed by atoms with Gasteiger partial charge in [-0.3, -0.25) is 4.79 Å². The number of hydrogen-bond acceptors (Lipinski definition) is 7. The number of aromatic nitrogens is 3. The van der Waals surface area contributed by atoms with Gasteiger partial charge < -0.3 is 14.6 Å². The van der Waals surface area contributed by atoms with E-state index in [2.05, 4.69) is 20.2 Å². The highest BCUT2D eigenvalue weighted by Crippen LogP contribution is 2.26. The molecule has 0 saturated heterocycles. The van der Waals surface area contributed by atoms with Crippen LogP contribution in [0.1, 0.15) is 12.5 Å². The van der Waals surface area contributed by atoms with Crippen LogP contribution in [0.4, 0.5) is 5.13 Å². The lowest BCUT2D eigenvalue weighted by Gasteiger charge is -2.04. The summed E-state index contributed by atoms with van der Waals surface area (Å²) in [6.45, 7) is 1.39. The monoisotopic (exact) mass is 395 g/mol. The molecule has 2 N–H and O–H groups in total. The third-order valence-electron chi connectivity index (χ3n) is 3.65. The van der Waals surface area contributed by atoms with Crippen LogP contribution in [0.5, 0.6) is 5.75 Å². The Morgan fingerprint density at radius 1 is 1.35 bits per heavy atom. The van der Waals surface area contributed by atoms with E-state index in [0.717, 1.165) is 27.8 Å². The molecule has 1 amide bonds. The summed E-state index contributed by atoms with van der Waals surface area (Å²) in [5.41, 5.74) is 1.76. The Kier molecular flexibility index (Phi) is 4.94. The van der Waals surface area contributed by atoms with Gasteiger partial charge in [0.25, 0.3) is 10.0 Å². The van der Waals surface area contributed by atoms with Crippen molar-refractivity contribution in [3.8, 4) is 5.75 Å². The van der Waals surface area contributed by atoms with Gasteiger partial charge in [-0.15, -0.1) is 10.2 Å². The van der Waals surface area contributed by atoms with Crippen molar-refractivity contribution in [2.24, 2.45) is 7.05 Å². The first-order chi connectivity index (χ1) is 12.3. The lowest BCUT2D eigenvalue weighted by atomic mass is 10.1. The van der Waals surface area contributed by atoms with E-state index in [1.165, 1.54) is 6.92 Å². The molecule has 0 spiro atoms. The third-order valence-corrected chi connectivity index (χ3v) is 6.26. The van der Waals surface area contributed by atoms with Gasteiger partial charge in [-0.2, -0.15) is 0 Å². The molecule has 0 atom stereocenters. The van der Waals surface area contributed by atoms with E-state index in [1.54, 1.807) is 7.11 Å².